The molecule has 0 atom stereocenters. The Labute approximate surface area is 134 Å². The highest BCUT2D eigenvalue weighted by Crippen LogP contribution is 2.25. The van der Waals surface area contributed by atoms with E-state index in [-0.39, 0.29) is 5.91 Å². The third kappa shape index (κ3) is 4.32. The van der Waals surface area contributed by atoms with Gasteiger partial charge in [0.05, 0.1) is 14.2 Å². The lowest BCUT2D eigenvalue weighted by molar-refractivity contribution is -0.111. The van der Waals surface area contributed by atoms with E-state index in [0.717, 1.165) is 11.1 Å². The van der Waals surface area contributed by atoms with Crippen molar-refractivity contribution in [2.24, 2.45) is 0 Å². The summed E-state index contributed by atoms with van der Waals surface area (Å²) in [7, 11) is 3.11. The molecule has 0 unspecified atom stereocenters. The minimum Gasteiger partial charge on any atom is -0.497 e. The Morgan fingerprint density at radius 2 is 1.91 bits per heavy atom. The van der Waals surface area contributed by atoms with Crippen LogP contribution in [0, 0.1) is 12.7 Å². The van der Waals surface area contributed by atoms with Gasteiger partial charge in [-0.05, 0) is 42.8 Å². The summed E-state index contributed by atoms with van der Waals surface area (Å²) in [6.45, 7) is 1.80. The van der Waals surface area contributed by atoms with Crippen molar-refractivity contribution in [2.75, 3.05) is 19.5 Å². The average molecular weight is 315 g/mol. The zero-order valence-corrected chi connectivity index (χ0v) is 13.2. The Morgan fingerprint density at radius 3 is 2.61 bits per heavy atom. The van der Waals surface area contributed by atoms with Crippen LogP contribution in [-0.2, 0) is 4.79 Å². The van der Waals surface area contributed by atoms with Gasteiger partial charge in [-0.3, -0.25) is 4.79 Å². The van der Waals surface area contributed by atoms with Gasteiger partial charge in [-0.2, -0.15) is 0 Å². The number of ether oxygens (including phenoxy) is 2. The first kappa shape index (κ1) is 16.5. The summed E-state index contributed by atoms with van der Waals surface area (Å²) in [5.41, 5.74) is 1.97. The van der Waals surface area contributed by atoms with Gasteiger partial charge in [-0.15, -0.1) is 0 Å². The number of aryl methyl sites for hydroxylation is 1. The molecule has 0 radical (unpaired) electrons. The molecule has 0 aliphatic rings. The first-order chi connectivity index (χ1) is 11.0. The predicted molar refractivity (Wildman–Crippen MR) is 88.3 cm³/mol. The van der Waals surface area contributed by atoms with Crippen molar-refractivity contribution in [3.63, 3.8) is 0 Å². The maximum absolute atomic E-state index is 13.2. The van der Waals surface area contributed by atoms with E-state index in [9.17, 15) is 9.18 Å². The number of benzene rings is 2. The van der Waals surface area contributed by atoms with Crippen molar-refractivity contribution in [2.45, 2.75) is 6.92 Å². The maximum atomic E-state index is 13.2. The summed E-state index contributed by atoms with van der Waals surface area (Å²) in [5.74, 6) is 0.512. The minimum atomic E-state index is -0.397. The van der Waals surface area contributed by atoms with Gasteiger partial charge in [0.15, 0.2) is 0 Å². The Bertz CT molecular complexity index is 741. The van der Waals surface area contributed by atoms with Gasteiger partial charge >= 0.3 is 0 Å². The molecule has 0 heterocycles. The second-order valence-corrected chi connectivity index (χ2v) is 4.89. The van der Waals surface area contributed by atoms with Crippen molar-refractivity contribution in [1.82, 2.24) is 0 Å². The van der Waals surface area contributed by atoms with Gasteiger partial charge in [0.25, 0.3) is 0 Å². The Morgan fingerprint density at radius 1 is 1.13 bits per heavy atom. The number of amides is 1. The quantitative estimate of drug-likeness (QED) is 0.854. The van der Waals surface area contributed by atoms with E-state index in [1.807, 2.05) is 0 Å². The fourth-order valence-corrected chi connectivity index (χ4v) is 2.02. The zero-order chi connectivity index (χ0) is 16.8. The summed E-state index contributed by atoms with van der Waals surface area (Å²) < 4.78 is 23.6. The number of hydrogen-bond donors (Lipinski definition) is 1. The van der Waals surface area contributed by atoms with Crippen LogP contribution in [0.25, 0.3) is 6.08 Å². The van der Waals surface area contributed by atoms with E-state index >= 15 is 0 Å². The number of methoxy groups -OCH3 is 2. The first-order valence-electron chi connectivity index (χ1n) is 7.00. The first-order valence-corrected chi connectivity index (χ1v) is 7.00. The van der Waals surface area contributed by atoms with Gasteiger partial charge < -0.3 is 14.8 Å². The smallest absolute Gasteiger partial charge is 0.248 e. The predicted octanol–water partition coefficient (Wildman–Crippen LogP) is 3.80. The molecule has 5 heteroatoms. The SMILES string of the molecule is COc1ccc(/C=C/C(=O)Nc2cc(F)ccc2C)c(OC)c1. The van der Waals surface area contributed by atoms with Crippen LogP contribution in [0.4, 0.5) is 10.1 Å². The molecule has 0 saturated carbocycles. The van der Waals surface area contributed by atoms with Crippen molar-refractivity contribution >= 4 is 17.7 Å². The van der Waals surface area contributed by atoms with Gasteiger partial charge in [-0.25, -0.2) is 4.39 Å². The molecule has 0 spiro atoms. The summed E-state index contributed by atoms with van der Waals surface area (Å²) in [4.78, 5) is 12.0. The Balaban J connectivity index is 2.13. The third-order valence-corrected chi connectivity index (χ3v) is 3.31. The zero-order valence-electron chi connectivity index (χ0n) is 13.2. The van der Waals surface area contributed by atoms with E-state index < -0.39 is 5.82 Å². The topological polar surface area (TPSA) is 47.6 Å². The normalized spacial score (nSPS) is 10.6. The number of hydrogen-bond acceptors (Lipinski definition) is 3. The molecule has 2 aromatic carbocycles. The van der Waals surface area contributed by atoms with Crippen molar-refractivity contribution < 1.29 is 18.7 Å². The number of anilines is 1. The molecule has 0 aliphatic heterocycles. The number of rotatable bonds is 5. The van der Waals surface area contributed by atoms with Crippen LogP contribution in [0.2, 0.25) is 0 Å². The number of nitrogens with one attached hydrogen (secondary N) is 1. The number of carbonyl (C=O) groups is 1. The van der Waals surface area contributed by atoms with Gasteiger partial charge in [0.1, 0.15) is 17.3 Å². The van der Waals surface area contributed by atoms with Crippen molar-refractivity contribution in [3.8, 4) is 11.5 Å². The average Bonchev–Trinajstić information content (AvgIpc) is 2.56. The summed E-state index contributed by atoms with van der Waals surface area (Å²) in [6.07, 6.45) is 3.00. The molecule has 0 aliphatic carbocycles. The van der Waals surface area contributed by atoms with E-state index in [1.165, 1.54) is 18.2 Å². The highest BCUT2D eigenvalue weighted by molar-refractivity contribution is 6.02. The lowest BCUT2D eigenvalue weighted by Gasteiger charge is -2.08. The second kappa shape index (κ2) is 7.45. The minimum absolute atomic E-state index is 0.350. The standard InChI is InChI=1S/C18H18FNO3/c1-12-4-7-14(19)10-16(12)20-18(21)9-6-13-5-8-15(22-2)11-17(13)23-3/h4-11H,1-3H3,(H,20,21)/b9-6+. The highest BCUT2D eigenvalue weighted by atomic mass is 19.1. The molecule has 120 valence electrons. The third-order valence-electron chi connectivity index (χ3n) is 3.31. The molecule has 1 N–H and O–H groups in total. The summed E-state index contributed by atoms with van der Waals surface area (Å²) in [5, 5.41) is 2.65. The number of carbonyl (C=O) groups excluding carboxylic acids is 1. The fraction of sp³-hybridized carbons (Fsp3) is 0.167. The van der Waals surface area contributed by atoms with Gasteiger partial charge in [0, 0.05) is 23.4 Å². The van der Waals surface area contributed by atoms with Crippen LogP contribution in [0.3, 0.4) is 0 Å². The summed E-state index contributed by atoms with van der Waals surface area (Å²) in [6, 6.07) is 9.54. The Hall–Kier alpha value is -2.82. The molecule has 0 saturated heterocycles. The molecule has 4 nitrogen and oxygen atoms in total. The fourth-order valence-electron chi connectivity index (χ4n) is 2.02. The van der Waals surface area contributed by atoms with Crippen LogP contribution in [-0.4, -0.2) is 20.1 Å². The van der Waals surface area contributed by atoms with Crippen LogP contribution >= 0.6 is 0 Å². The molecule has 0 bridgehead atoms. The van der Waals surface area contributed by atoms with Crippen LogP contribution < -0.4 is 14.8 Å². The van der Waals surface area contributed by atoms with Crippen LogP contribution in [0.1, 0.15) is 11.1 Å². The monoisotopic (exact) mass is 315 g/mol. The van der Waals surface area contributed by atoms with Gasteiger partial charge in [0.2, 0.25) is 5.91 Å². The molecule has 2 aromatic rings. The second-order valence-electron chi connectivity index (χ2n) is 4.89. The molecular weight excluding hydrogens is 297 g/mol. The molecular formula is C18H18FNO3. The van der Waals surface area contributed by atoms with Crippen LogP contribution in [0.15, 0.2) is 42.5 Å². The van der Waals surface area contributed by atoms with E-state index in [0.29, 0.717) is 17.2 Å². The summed E-state index contributed by atoms with van der Waals surface area (Å²) >= 11 is 0. The van der Waals surface area contributed by atoms with E-state index in [2.05, 4.69) is 5.32 Å². The van der Waals surface area contributed by atoms with E-state index in [1.54, 1.807) is 51.5 Å². The van der Waals surface area contributed by atoms with E-state index in [4.69, 9.17) is 9.47 Å². The van der Waals surface area contributed by atoms with Crippen LogP contribution in [0.5, 0.6) is 11.5 Å². The van der Waals surface area contributed by atoms with Gasteiger partial charge in [-0.1, -0.05) is 6.07 Å². The maximum Gasteiger partial charge on any atom is 0.248 e. The lowest BCUT2D eigenvalue weighted by Crippen LogP contribution is -2.09. The molecule has 23 heavy (non-hydrogen) atoms. The highest BCUT2D eigenvalue weighted by Gasteiger charge is 2.05. The number of halogens is 1. The van der Waals surface area contributed by atoms with Crippen molar-refractivity contribution in [1.29, 1.82) is 0 Å². The Kier molecular flexibility index (Phi) is 5.36. The molecule has 2 rings (SSSR count). The van der Waals surface area contributed by atoms with Crippen molar-refractivity contribution in [3.05, 3.63) is 59.4 Å². The largest absolute Gasteiger partial charge is 0.497 e. The molecule has 0 aromatic heterocycles. The molecule has 0 fully saturated rings. The lowest BCUT2D eigenvalue weighted by atomic mass is 10.1. The molecule has 1 amide bonds.